The van der Waals surface area contributed by atoms with Crippen molar-refractivity contribution in [2.45, 2.75) is 13.3 Å². The molecule has 0 saturated heterocycles. The van der Waals surface area contributed by atoms with Gasteiger partial charge in [-0.15, -0.1) is 0 Å². The number of rotatable bonds is 7. The molecule has 6 nitrogen and oxygen atoms in total. The molecule has 1 amide bonds. The van der Waals surface area contributed by atoms with E-state index in [1.807, 2.05) is 31.2 Å². The predicted octanol–water partition coefficient (Wildman–Crippen LogP) is 4.80. The van der Waals surface area contributed by atoms with Gasteiger partial charge in [-0.25, -0.2) is 0 Å². The topological polar surface area (TPSA) is 81.5 Å². The Bertz CT molecular complexity index is 788. The van der Waals surface area contributed by atoms with Crippen LogP contribution in [0.1, 0.15) is 18.9 Å². The first-order valence-corrected chi connectivity index (χ1v) is 8.44. The lowest BCUT2D eigenvalue weighted by Gasteiger charge is -2.05. The summed E-state index contributed by atoms with van der Waals surface area (Å²) in [4.78, 5) is 22.2. The summed E-state index contributed by atoms with van der Waals surface area (Å²) in [6.45, 7) is 2.71. The van der Waals surface area contributed by atoms with Gasteiger partial charge in [-0.05, 0) is 52.2 Å². The number of nitrogens with zero attached hydrogens (tertiary/aromatic N) is 1. The zero-order valence-electron chi connectivity index (χ0n) is 13.6. The van der Waals surface area contributed by atoms with Crippen molar-refractivity contribution in [3.63, 3.8) is 0 Å². The minimum absolute atomic E-state index is 0.0502. The highest BCUT2D eigenvalue weighted by atomic mass is 79.9. The Morgan fingerprint density at radius 1 is 1.28 bits per heavy atom. The number of hydrogen-bond donors (Lipinski definition) is 1. The van der Waals surface area contributed by atoms with Crippen molar-refractivity contribution in [2.75, 3.05) is 11.9 Å². The minimum Gasteiger partial charge on any atom is -0.494 e. The number of amides is 1. The van der Waals surface area contributed by atoms with Gasteiger partial charge in [0.2, 0.25) is 5.91 Å². The van der Waals surface area contributed by atoms with Crippen molar-refractivity contribution in [2.24, 2.45) is 0 Å². The average molecular weight is 405 g/mol. The van der Waals surface area contributed by atoms with E-state index in [-0.39, 0.29) is 11.6 Å². The molecule has 1 N–H and O–H groups in total. The van der Waals surface area contributed by atoms with Crippen molar-refractivity contribution < 1.29 is 14.5 Å². The van der Waals surface area contributed by atoms with Crippen LogP contribution in [0.2, 0.25) is 0 Å². The second kappa shape index (κ2) is 8.98. The molecule has 25 heavy (non-hydrogen) atoms. The number of nitro benzene ring substituents is 1. The third-order valence-electron chi connectivity index (χ3n) is 3.20. The van der Waals surface area contributed by atoms with Gasteiger partial charge >= 0.3 is 0 Å². The first kappa shape index (κ1) is 18.7. The molecule has 0 unspecified atom stereocenters. The maximum atomic E-state index is 12.0. The molecule has 0 aliphatic carbocycles. The molecule has 0 heterocycles. The van der Waals surface area contributed by atoms with E-state index in [2.05, 4.69) is 21.2 Å². The van der Waals surface area contributed by atoms with Crippen LogP contribution >= 0.6 is 15.9 Å². The summed E-state index contributed by atoms with van der Waals surface area (Å²) in [5, 5.41) is 13.4. The number of non-ortho nitro benzene ring substituents is 1. The molecule has 0 atom stereocenters. The summed E-state index contributed by atoms with van der Waals surface area (Å²) < 4.78 is 5.94. The van der Waals surface area contributed by atoms with Crippen molar-refractivity contribution in [3.05, 3.63) is 68.7 Å². The van der Waals surface area contributed by atoms with E-state index in [1.54, 1.807) is 6.08 Å². The molecule has 2 aromatic carbocycles. The molecule has 0 bridgehead atoms. The number of carbonyl (C=O) groups excluding carboxylic acids is 1. The van der Waals surface area contributed by atoms with Gasteiger partial charge in [0, 0.05) is 22.7 Å². The van der Waals surface area contributed by atoms with E-state index in [0.29, 0.717) is 16.8 Å². The van der Waals surface area contributed by atoms with Crippen molar-refractivity contribution >= 4 is 39.3 Å². The molecule has 7 heteroatoms. The lowest BCUT2D eigenvalue weighted by atomic mass is 10.2. The Balaban J connectivity index is 1.97. The maximum Gasteiger partial charge on any atom is 0.270 e. The molecule has 0 spiro atoms. The fourth-order valence-electron chi connectivity index (χ4n) is 1.96. The molecule has 2 rings (SSSR count). The summed E-state index contributed by atoms with van der Waals surface area (Å²) in [5.74, 6) is 0.458. The number of hydrogen-bond acceptors (Lipinski definition) is 4. The Hall–Kier alpha value is -2.67. The van der Waals surface area contributed by atoms with Gasteiger partial charge in [0.1, 0.15) is 5.75 Å². The minimum atomic E-state index is -0.496. The first-order chi connectivity index (χ1) is 12.0. The second-order valence-corrected chi connectivity index (χ2v) is 6.02. The highest BCUT2D eigenvalue weighted by molar-refractivity contribution is 9.10. The van der Waals surface area contributed by atoms with Crippen molar-refractivity contribution in [3.8, 4) is 5.75 Å². The van der Waals surface area contributed by atoms with Crippen LogP contribution in [0.5, 0.6) is 5.75 Å². The lowest BCUT2D eigenvalue weighted by Crippen LogP contribution is -2.08. The molecule has 130 valence electrons. The Morgan fingerprint density at radius 3 is 2.60 bits per heavy atom. The van der Waals surface area contributed by atoms with Gasteiger partial charge in [-0.1, -0.05) is 19.1 Å². The number of ether oxygens (including phenoxy) is 1. The normalized spacial score (nSPS) is 10.6. The molecular weight excluding hydrogens is 388 g/mol. The van der Waals surface area contributed by atoms with Crippen LogP contribution in [0.4, 0.5) is 11.4 Å². The number of benzene rings is 2. The van der Waals surface area contributed by atoms with Gasteiger partial charge < -0.3 is 10.1 Å². The Labute approximate surface area is 153 Å². The maximum absolute atomic E-state index is 12.0. The molecule has 0 fully saturated rings. The lowest BCUT2D eigenvalue weighted by molar-refractivity contribution is -0.384. The van der Waals surface area contributed by atoms with Gasteiger partial charge in [0.25, 0.3) is 5.69 Å². The molecule has 2 aromatic rings. The zero-order chi connectivity index (χ0) is 18.2. The van der Waals surface area contributed by atoms with E-state index in [0.717, 1.165) is 17.7 Å². The molecule has 0 aromatic heterocycles. The van der Waals surface area contributed by atoms with Crippen LogP contribution in [0.15, 0.2) is 53.0 Å². The van der Waals surface area contributed by atoms with Crippen LogP contribution in [0.3, 0.4) is 0 Å². The average Bonchev–Trinajstić information content (AvgIpc) is 2.60. The van der Waals surface area contributed by atoms with Crippen LogP contribution < -0.4 is 10.1 Å². The Kier molecular flexibility index (Phi) is 6.71. The van der Waals surface area contributed by atoms with E-state index in [1.165, 1.54) is 24.3 Å². The number of anilines is 1. The predicted molar refractivity (Wildman–Crippen MR) is 101 cm³/mol. The van der Waals surface area contributed by atoms with Crippen LogP contribution in [-0.2, 0) is 4.79 Å². The van der Waals surface area contributed by atoms with Crippen LogP contribution in [0, 0.1) is 10.1 Å². The first-order valence-electron chi connectivity index (χ1n) is 7.65. The van der Waals surface area contributed by atoms with Crippen LogP contribution in [0.25, 0.3) is 6.08 Å². The van der Waals surface area contributed by atoms with Crippen molar-refractivity contribution in [1.29, 1.82) is 0 Å². The van der Waals surface area contributed by atoms with Gasteiger partial charge in [-0.2, -0.15) is 0 Å². The number of nitro groups is 1. The summed E-state index contributed by atoms with van der Waals surface area (Å²) in [5.41, 5.74) is 1.27. The molecule has 0 saturated carbocycles. The fraction of sp³-hybridized carbons (Fsp3) is 0.167. The smallest absolute Gasteiger partial charge is 0.270 e. The standard InChI is InChI=1S/C18H17BrN2O4/c1-2-11-25-15-7-3-13(4-8-15)5-10-18(22)20-17-9-6-14(21(23)24)12-16(17)19/h3-10,12H,2,11H2,1H3,(H,20,22)/b10-5+. The SMILES string of the molecule is CCCOc1ccc(/C=C/C(=O)Nc2ccc([N+](=O)[O-])cc2Br)cc1. The number of halogens is 1. The quantitative estimate of drug-likeness (QED) is 0.408. The van der Waals surface area contributed by atoms with E-state index in [9.17, 15) is 14.9 Å². The van der Waals surface area contributed by atoms with Gasteiger partial charge in [0.15, 0.2) is 0 Å². The van der Waals surface area contributed by atoms with E-state index >= 15 is 0 Å². The van der Waals surface area contributed by atoms with Crippen LogP contribution in [-0.4, -0.2) is 17.4 Å². The van der Waals surface area contributed by atoms with Crippen molar-refractivity contribution in [1.82, 2.24) is 0 Å². The highest BCUT2D eigenvalue weighted by Crippen LogP contribution is 2.27. The number of carbonyl (C=O) groups is 1. The third kappa shape index (κ3) is 5.72. The molecule has 0 radical (unpaired) electrons. The summed E-state index contributed by atoms with van der Waals surface area (Å²) in [7, 11) is 0. The third-order valence-corrected chi connectivity index (χ3v) is 3.86. The summed E-state index contributed by atoms with van der Waals surface area (Å²) >= 11 is 3.21. The molecule has 0 aliphatic heterocycles. The fourth-order valence-corrected chi connectivity index (χ4v) is 2.43. The molecular formula is C18H17BrN2O4. The van der Waals surface area contributed by atoms with Gasteiger partial charge in [-0.3, -0.25) is 14.9 Å². The van der Waals surface area contributed by atoms with Gasteiger partial charge in [0.05, 0.1) is 17.2 Å². The highest BCUT2D eigenvalue weighted by Gasteiger charge is 2.10. The Morgan fingerprint density at radius 2 is 2.00 bits per heavy atom. The zero-order valence-corrected chi connectivity index (χ0v) is 15.2. The molecule has 0 aliphatic rings. The number of nitrogens with one attached hydrogen (secondary N) is 1. The largest absolute Gasteiger partial charge is 0.494 e. The summed E-state index contributed by atoms with van der Waals surface area (Å²) in [6.07, 6.45) is 4.02. The van der Waals surface area contributed by atoms with E-state index < -0.39 is 4.92 Å². The van der Waals surface area contributed by atoms with E-state index in [4.69, 9.17) is 4.74 Å². The monoisotopic (exact) mass is 404 g/mol. The summed E-state index contributed by atoms with van der Waals surface area (Å²) in [6, 6.07) is 11.6. The second-order valence-electron chi connectivity index (χ2n) is 5.16.